The molecule has 0 aliphatic heterocycles. The molecule has 0 unspecified atom stereocenters. The number of carbonyl (C=O) groups is 2. The molecule has 2 N–H and O–H groups in total. The molecule has 8 heteroatoms. The van der Waals surface area contributed by atoms with Crippen LogP contribution < -0.4 is 15.4 Å². The molecule has 0 aliphatic carbocycles. The molecule has 0 spiro atoms. The third kappa shape index (κ3) is 8.79. The molecular weight excluding hydrogens is 460 g/mol. The van der Waals surface area contributed by atoms with Crippen LogP contribution in [0.25, 0.3) is 10.6 Å². The summed E-state index contributed by atoms with van der Waals surface area (Å²) in [6.07, 6.45) is 7.46. The SMILES string of the molecule is CCCCCCCCC(=O)N[C@H](Cc1ccccc1)C(=O)Nc1nnc(-c2cccc(OC)c2)s1. The Hall–Kier alpha value is -3.26. The quantitative estimate of drug-likeness (QED) is 0.283. The van der Waals surface area contributed by atoms with Gasteiger partial charge in [-0.15, -0.1) is 10.2 Å². The number of methoxy groups -OCH3 is 1. The number of rotatable bonds is 14. The number of nitrogens with one attached hydrogen (secondary N) is 2. The summed E-state index contributed by atoms with van der Waals surface area (Å²) in [5, 5.41) is 15.2. The average molecular weight is 495 g/mol. The Balaban J connectivity index is 1.62. The van der Waals surface area contributed by atoms with Gasteiger partial charge in [-0.1, -0.05) is 92.8 Å². The van der Waals surface area contributed by atoms with Crippen LogP contribution in [-0.2, 0) is 16.0 Å². The second kappa shape index (κ2) is 14.2. The molecule has 0 aliphatic rings. The van der Waals surface area contributed by atoms with Crippen LogP contribution >= 0.6 is 11.3 Å². The van der Waals surface area contributed by atoms with E-state index in [1.54, 1.807) is 7.11 Å². The van der Waals surface area contributed by atoms with Crippen molar-refractivity contribution in [2.75, 3.05) is 12.4 Å². The van der Waals surface area contributed by atoms with E-state index in [1.807, 2.05) is 54.6 Å². The highest BCUT2D eigenvalue weighted by molar-refractivity contribution is 7.18. The normalized spacial score (nSPS) is 11.6. The van der Waals surface area contributed by atoms with E-state index < -0.39 is 6.04 Å². The maximum atomic E-state index is 13.1. The monoisotopic (exact) mass is 494 g/mol. The summed E-state index contributed by atoms with van der Waals surface area (Å²) < 4.78 is 5.27. The maximum Gasteiger partial charge on any atom is 0.249 e. The summed E-state index contributed by atoms with van der Waals surface area (Å²) in [4.78, 5) is 25.8. The molecule has 0 saturated carbocycles. The Morgan fingerprint density at radius 2 is 1.74 bits per heavy atom. The fraction of sp³-hybridized carbons (Fsp3) is 0.407. The molecule has 35 heavy (non-hydrogen) atoms. The van der Waals surface area contributed by atoms with Crippen molar-refractivity contribution in [2.24, 2.45) is 0 Å². The highest BCUT2D eigenvalue weighted by Crippen LogP contribution is 2.28. The van der Waals surface area contributed by atoms with E-state index in [2.05, 4.69) is 27.8 Å². The maximum absolute atomic E-state index is 13.1. The van der Waals surface area contributed by atoms with Gasteiger partial charge in [-0.3, -0.25) is 14.9 Å². The molecule has 0 saturated heterocycles. The van der Waals surface area contributed by atoms with Gasteiger partial charge in [0.25, 0.3) is 0 Å². The summed E-state index contributed by atoms with van der Waals surface area (Å²) in [6, 6.07) is 16.5. The minimum absolute atomic E-state index is 0.106. The number of nitrogens with zero attached hydrogens (tertiary/aromatic N) is 2. The van der Waals surface area contributed by atoms with Gasteiger partial charge in [0, 0.05) is 18.4 Å². The number of benzene rings is 2. The van der Waals surface area contributed by atoms with Crippen molar-refractivity contribution >= 4 is 28.3 Å². The Morgan fingerprint density at radius 3 is 2.51 bits per heavy atom. The number of unbranched alkanes of at least 4 members (excludes halogenated alkanes) is 5. The average Bonchev–Trinajstić information content (AvgIpc) is 3.35. The predicted octanol–water partition coefficient (Wildman–Crippen LogP) is 5.63. The van der Waals surface area contributed by atoms with Crippen LogP contribution in [-0.4, -0.2) is 35.2 Å². The van der Waals surface area contributed by atoms with Gasteiger partial charge in [0.2, 0.25) is 16.9 Å². The Kier molecular flexibility index (Phi) is 10.7. The van der Waals surface area contributed by atoms with E-state index in [1.165, 1.54) is 30.6 Å². The zero-order valence-corrected chi connectivity index (χ0v) is 21.3. The summed E-state index contributed by atoms with van der Waals surface area (Å²) in [7, 11) is 1.61. The van der Waals surface area contributed by atoms with Crippen LogP contribution in [0.3, 0.4) is 0 Å². The Morgan fingerprint density at radius 1 is 0.971 bits per heavy atom. The van der Waals surface area contributed by atoms with Crippen molar-refractivity contribution in [3.63, 3.8) is 0 Å². The van der Waals surface area contributed by atoms with Crippen LogP contribution in [0.4, 0.5) is 5.13 Å². The molecule has 3 aromatic rings. The second-order valence-corrected chi connectivity index (χ2v) is 9.44. The molecule has 7 nitrogen and oxygen atoms in total. The first-order valence-corrected chi connectivity index (χ1v) is 13.0. The molecule has 3 rings (SSSR count). The van der Waals surface area contributed by atoms with E-state index in [0.29, 0.717) is 23.0 Å². The van der Waals surface area contributed by atoms with Gasteiger partial charge in [0.1, 0.15) is 16.8 Å². The van der Waals surface area contributed by atoms with Crippen LogP contribution in [0, 0.1) is 0 Å². The lowest BCUT2D eigenvalue weighted by Crippen LogP contribution is -2.45. The van der Waals surface area contributed by atoms with Crippen LogP contribution in [0.15, 0.2) is 54.6 Å². The van der Waals surface area contributed by atoms with Crippen molar-refractivity contribution in [1.29, 1.82) is 0 Å². The van der Waals surface area contributed by atoms with Crippen molar-refractivity contribution in [1.82, 2.24) is 15.5 Å². The van der Waals surface area contributed by atoms with Gasteiger partial charge in [-0.25, -0.2) is 0 Å². The zero-order valence-electron chi connectivity index (χ0n) is 20.5. The van der Waals surface area contributed by atoms with E-state index in [9.17, 15) is 9.59 Å². The number of amides is 2. The molecule has 1 heterocycles. The van der Waals surface area contributed by atoms with Gasteiger partial charge in [-0.2, -0.15) is 0 Å². The third-order valence-electron chi connectivity index (χ3n) is 5.66. The van der Waals surface area contributed by atoms with Crippen molar-refractivity contribution in [3.8, 4) is 16.3 Å². The standard InChI is InChI=1S/C27H34N4O3S/c1-3-4-5-6-7-11-17-24(32)28-23(18-20-13-9-8-10-14-20)25(33)29-27-31-30-26(35-27)21-15-12-16-22(19-21)34-2/h8-10,12-16,19,23H,3-7,11,17-18H2,1-2H3,(H,28,32)(H,29,31,33)/t23-/m1/s1. The van der Waals surface area contributed by atoms with Gasteiger partial charge >= 0.3 is 0 Å². The zero-order chi connectivity index (χ0) is 24.9. The van der Waals surface area contributed by atoms with Gasteiger partial charge in [0.15, 0.2) is 0 Å². The van der Waals surface area contributed by atoms with Gasteiger partial charge in [0.05, 0.1) is 7.11 Å². The largest absolute Gasteiger partial charge is 0.497 e. The second-order valence-electron chi connectivity index (χ2n) is 8.46. The first-order valence-electron chi connectivity index (χ1n) is 12.2. The number of anilines is 1. The minimum Gasteiger partial charge on any atom is -0.497 e. The van der Waals surface area contributed by atoms with E-state index in [-0.39, 0.29) is 11.8 Å². The summed E-state index contributed by atoms with van der Waals surface area (Å²) in [5.74, 6) is 0.309. The lowest BCUT2D eigenvalue weighted by molar-refractivity contribution is -0.126. The molecule has 0 bridgehead atoms. The summed E-state index contributed by atoms with van der Waals surface area (Å²) in [5.41, 5.74) is 1.83. The lowest BCUT2D eigenvalue weighted by atomic mass is 10.0. The smallest absolute Gasteiger partial charge is 0.249 e. The molecule has 1 aromatic heterocycles. The van der Waals surface area contributed by atoms with Crippen LogP contribution in [0.2, 0.25) is 0 Å². The Labute approximate surface area is 211 Å². The topological polar surface area (TPSA) is 93.2 Å². The van der Waals surface area contributed by atoms with Crippen LogP contribution in [0.1, 0.15) is 57.4 Å². The Bertz CT molecular complexity index is 1070. The molecular formula is C27H34N4O3S. The number of ether oxygens (including phenoxy) is 1. The first-order chi connectivity index (χ1) is 17.1. The van der Waals surface area contributed by atoms with Crippen molar-refractivity contribution in [3.05, 3.63) is 60.2 Å². The lowest BCUT2D eigenvalue weighted by Gasteiger charge is -2.18. The highest BCUT2D eigenvalue weighted by Gasteiger charge is 2.22. The fourth-order valence-electron chi connectivity index (χ4n) is 3.73. The first kappa shape index (κ1) is 26.3. The van der Waals surface area contributed by atoms with E-state index in [4.69, 9.17) is 4.74 Å². The van der Waals surface area contributed by atoms with Gasteiger partial charge in [-0.05, 0) is 24.1 Å². The van der Waals surface area contributed by atoms with Crippen molar-refractivity contribution < 1.29 is 14.3 Å². The molecule has 0 fully saturated rings. The summed E-state index contributed by atoms with van der Waals surface area (Å²) >= 11 is 1.28. The van der Waals surface area contributed by atoms with Crippen LogP contribution in [0.5, 0.6) is 5.75 Å². The number of aromatic nitrogens is 2. The molecule has 2 aromatic carbocycles. The number of hydrogen-bond donors (Lipinski definition) is 2. The predicted molar refractivity (Wildman–Crippen MR) is 141 cm³/mol. The van der Waals surface area contributed by atoms with E-state index in [0.717, 1.165) is 36.1 Å². The molecule has 186 valence electrons. The fourth-order valence-corrected chi connectivity index (χ4v) is 4.47. The van der Waals surface area contributed by atoms with E-state index >= 15 is 0 Å². The molecule has 1 atom stereocenters. The highest BCUT2D eigenvalue weighted by atomic mass is 32.1. The minimum atomic E-state index is -0.700. The number of carbonyl (C=O) groups excluding carboxylic acids is 2. The number of hydrogen-bond acceptors (Lipinski definition) is 6. The molecule has 0 radical (unpaired) electrons. The third-order valence-corrected chi connectivity index (χ3v) is 6.55. The van der Waals surface area contributed by atoms with Crippen molar-refractivity contribution in [2.45, 2.75) is 64.3 Å². The molecule has 2 amide bonds. The van der Waals surface area contributed by atoms with Gasteiger partial charge < -0.3 is 10.1 Å². The summed E-state index contributed by atoms with van der Waals surface area (Å²) in [6.45, 7) is 2.19.